The number of rotatable bonds is 3. The van der Waals surface area contributed by atoms with Crippen LogP contribution >= 0.6 is 0 Å². The average molecular weight is 284 g/mol. The molecule has 7 nitrogen and oxygen atoms in total. The predicted molar refractivity (Wildman–Crippen MR) is 70.4 cm³/mol. The second-order valence-corrected chi connectivity index (χ2v) is 5.32. The van der Waals surface area contributed by atoms with Crippen molar-refractivity contribution < 1.29 is 23.5 Å². The smallest absolute Gasteiger partial charge is 0.408 e. The van der Waals surface area contributed by atoms with Gasteiger partial charge in [0.15, 0.2) is 5.69 Å². The second-order valence-electron chi connectivity index (χ2n) is 5.32. The predicted octanol–water partition coefficient (Wildman–Crippen LogP) is 2.36. The van der Waals surface area contributed by atoms with Crippen LogP contribution in [0.4, 0.5) is 4.79 Å². The van der Waals surface area contributed by atoms with Crippen LogP contribution in [0.25, 0.3) is 0 Å². The number of hydrogen-bond donors (Lipinski definition) is 1. The fraction of sp³-hybridized carbons (Fsp3) is 0.615. The van der Waals surface area contributed by atoms with Gasteiger partial charge in [-0.1, -0.05) is 0 Å². The first-order valence-electron chi connectivity index (χ1n) is 6.19. The normalized spacial score (nSPS) is 12.7. The molecule has 1 aromatic heterocycles. The van der Waals surface area contributed by atoms with Gasteiger partial charge in [-0.05, 0) is 34.6 Å². The van der Waals surface area contributed by atoms with E-state index in [4.69, 9.17) is 9.15 Å². The number of aromatic nitrogens is 1. The molecule has 20 heavy (non-hydrogen) atoms. The molecule has 1 aromatic rings. The van der Waals surface area contributed by atoms with Gasteiger partial charge in [0, 0.05) is 0 Å². The number of oxazole rings is 1. The number of methoxy groups -OCH3 is 1. The Morgan fingerprint density at radius 3 is 2.45 bits per heavy atom. The highest BCUT2D eigenvalue weighted by molar-refractivity contribution is 5.88. The van der Waals surface area contributed by atoms with Crippen molar-refractivity contribution >= 4 is 12.1 Å². The van der Waals surface area contributed by atoms with Gasteiger partial charge in [-0.2, -0.15) is 0 Å². The topological polar surface area (TPSA) is 90.7 Å². The summed E-state index contributed by atoms with van der Waals surface area (Å²) in [6.07, 6.45) is -0.583. The highest BCUT2D eigenvalue weighted by atomic mass is 16.6. The number of nitrogens with one attached hydrogen (secondary N) is 1. The fourth-order valence-electron chi connectivity index (χ4n) is 1.43. The first-order chi connectivity index (χ1) is 9.14. The van der Waals surface area contributed by atoms with E-state index in [0.29, 0.717) is 5.76 Å². The molecule has 7 heteroatoms. The molecule has 1 rings (SSSR count). The van der Waals surface area contributed by atoms with Gasteiger partial charge < -0.3 is 19.2 Å². The molecule has 1 atom stereocenters. The highest BCUT2D eigenvalue weighted by Gasteiger charge is 2.24. The summed E-state index contributed by atoms with van der Waals surface area (Å²) in [4.78, 5) is 27.1. The van der Waals surface area contributed by atoms with Crippen molar-refractivity contribution in [3.63, 3.8) is 0 Å². The summed E-state index contributed by atoms with van der Waals surface area (Å²) in [7, 11) is 1.26. The quantitative estimate of drug-likeness (QED) is 0.857. The maximum atomic E-state index is 11.6. The first-order valence-corrected chi connectivity index (χ1v) is 6.19. The summed E-state index contributed by atoms with van der Waals surface area (Å²) in [6, 6.07) is -0.526. The van der Waals surface area contributed by atoms with Crippen LogP contribution in [0.3, 0.4) is 0 Å². The van der Waals surface area contributed by atoms with Gasteiger partial charge in [-0.15, -0.1) is 0 Å². The Labute approximate surface area is 117 Å². The van der Waals surface area contributed by atoms with Crippen molar-refractivity contribution in [1.82, 2.24) is 10.3 Å². The second kappa shape index (κ2) is 5.94. The molecule has 0 unspecified atom stereocenters. The van der Waals surface area contributed by atoms with Crippen molar-refractivity contribution in [2.75, 3.05) is 7.11 Å². The van der Waals surface area contributed by atoms with Crippen LogP contribution in [0.5, 0.6) is 0 Å². The van der Waals surface area contributed by atoms with E-state index < -0.39 is 23.7 Å². The van der Waals surface area contributed by atoms with Crippen molar-refractivity contribution in [2.24, 2.45) is 0 Å². The number of amides is 1. The minimum Gasteiger partial charge on any atom is -0.464 e. The number of carbonyl (C=O) groups excluding carboxylic acids is 2. The number of carbonyl (C=O) groups is 2. The molecule has 0 aliphatic carbocycles. The van der Waals surface area contributed by atoms with Crippen LogP contribution < -0.4 is 5.32 Å². The molecule has 0 aromatic carbocycles. The fourth-order valence-corrected chi connectivity index (χ4v) is 1.43. The van der Waals surface area contributed by atoms with Crippen molar-refractivity contribution in [2.45, 2.75) is 46.3 Å². The third-order valence-electron chi connectivity index (χ3n) is 2.30. The van der Waals surface area contributed by atoms with E-state index in [9.17, 15) is 9.59 Å². The standard InChI is InChI=1S/C13H20N2O5/c1-7(14-12(17)20-13(3,4)5)10-15-9(8(2)19-10)11(16)18-6/h7H,1-6H3,(H,14,17)/t7-/m1/s1. The summed E-state index contributed by atoms with van der Waals surface area (Å²) in [6.45, 7) is 8.57. The number of alkyl carbamates (subject to hydrolysis) is 1. The third kappa shape index (κ3) is 4.25. The van der Waals surface area contributed by atoms with Crippen LogP contribution in [0.1, 0.15) is 55.9 Å². The molecule has 0 aliphatic heterocycles. The Kier molecular flexibility index (Phi) is 4.75. The lowest BCUT2D eigenvalue weighted by molar-refractivity contribution is 0.0500. The maximum absolute atomic E-state index is 11.6. The average Bonchev–Trinajstić information content (AvgIpc) is 2.67. The molecule has 0 aliphatic rings. The van der Waals surface area contributed by atoms with E-state index in [1.165, 1.54) is 7.11 Å². The number of aryl methyl sites for hydroxylation is 1. The summed E-state index contributed by atoms with van der Waals surface area (Å²) in [5, 5.41) is 2.58. The lowest BCUT2D eigenvalue weighted by Gasteiger charge is -2.20. The summed E-state index contributed by atoms with van der Waals surface area (Å²) >= 11 is 0. The van der Waals surface area contributed by atoms with E-state index in [0.717, 1.165) is 0 Å². The van der Waals surface area contributed by atoms with Crippen molar-refractivity contribution in [3.8, 4) is 0 Å². The molecule has 1 heterocycles. The van der Waals surface area contributed by atoms with Gasteiger partial charge >= 0.3 is 12.1 Å². The van der Waals surface area contributed by atoms with E-state index >= 15 is 0 Å². The van der Waals surface area contributed by atoms with Crippen LogP contribution in [0.15, 0.2) is 4.42 Å². The van der Waals surface area contributed by atoms with Gasteiger partial charge in [0.1, 0.15) is 17.4 Å². The van der Waals surface area contributed by atoms with Crippen LogP contribution in [-0.2, 0) is 9.47 Å². The van der Waals surface area contributed by atoms with E-state index in [1.807, 2.05) is 0 Å². The Morgan fingerprint density at radius 2 is 1.95 bits per heavy atom. The maximum Gasteiger partial charge on any atom is 0.408 e. The Balaban J connectivity index is 2.76. The van der Waals surface area contributed by atoms with E-state index in [1.54, 1.807) is 34.6 Å². The molecule has 0 bridgehead atoms. The molecule has 0 spiro atoms. The summed E-state index contributed by atoms with van der Waals surface area (Å²) in [5.41, 5.74) is -0.492. The van der Waals surface area contributed by atoms with Crippen molar-refractivity contribution in [3.05, 3.63) is 17.3 Å². The van der Waals surface area contributed by atoms with E-state index in [-0.39, 0.29) is 11.6 Å². The molecular weight excluding hydrogens is 264 g/mol. The lowest BCUT2D eigenvalue weighted by atomic mass is 10.2. The van der Waals surface area contributed by atoms with Gasteiger partial charge in [-0.25, -0.2) is 14.6 Å². The van der Waals surface area contributed by atoms with Gasteiger partial charge in [0.2, 0.25) is 5.89 Å². The Morgan fingerprint density at radius 1 is 1.35 bits per heavy atom. The molecule has 0 saturated heterocycles. The SMILES string of the molecule is COC(=O)c1nc([C@@H](C)NC(=O)OC(C)(C)C)oc1C. The zero-order chi connectivity index (χ0) is 15.5. The molecule has 0 fully saturated rings. The minimum atomic E-state index is -0.590. The number of hydrogen-bond acceptors (Lipinski definition) is 6. The lowest BCUT2D eigenvalue weighted by Crippen LogP contribution is -2.34. The Bertz CT molecular complexity index is 501. The molecule has 1 N–H and O–H groups in total. The van der Waals surface area contributed by atoms with Crippen molar-refractivity contribution in [1.29, 1.82) is 0 Å². The third-order valence-corrected chi connectivity index (χ3v) is 2.30. The van der Waals surface area contributed by atoms with Gasteiger partial charge in [0.25, 0.3) is 0 Å². The molecule has 0 saturated carbocycles. The molecule has 0 radical (unpaired) electrons. The Hall–Kier alpha value is -2.05. The summed E-state index contributed by atoms with van der Waals surface area (Å²) < 4.78 is 15.1. The summed E-state index contributed by atoms with van der Waals surface area (Å²) in [5.74, 6) is -0.0274. The van der Waals surface area contributed by atoms with Gasteiger partial charge in [-0.3, -0.25) is 0 Å². The van der Waals surface area contributed by atoms with E-state index in [2.05, 4.69) is 15.0 Å². The zero-order valence-corrected chi connectivity index (χ0v) is 12.6. The van der Waals surface area contributed by atoms with Crippen LogP contribution in [0, 0.1) is 6.92 Å². The largest absolute Gasteiger partial charge is 0.464 e. The highest BCUT2D eigenvalue weighted by Crippen LogP contribution is 2.18. The van der Waals surface area contributed by atoms with Gasteiger partial charge in [0.05, 0.1) is 7.11 Å². The molecule has 1 amide bonds. The molecule has 112 valence electrons. The zero-order valence-electron chi connectivity index (χ0n) is 12.6. The first kappa shape index (κ1) is 16.0. The number of esters is 1. The van der Waals surface area contributed by atoms with Crippen LogP contribution in [0.2, 0.25) is 0 Å². The number of nitrogens with zero attached hydrogens (tertiary/aromatic N) is 1. The monoisotopic (exact) mass is 284 g/mol. The number of ether oxygens (including phenoxy) is 2. The van der Waals surface area contributed by atoms with Crippen LogP contribution in [-0.4, -0.2) is 29.8 Å². The molecular formula is C13H20N2O5. The minimum absolute atomic E-state index is 0.0975.